The summed E-state index contributed by atoms with van der Waals surface area (Å²) in [5.41, 5.74) is 0. The molecule has 74 valence electrons. The molecule has 0 unspecified atom stereocenters. The van der Waals surface area contributed by atoms with Crippen LogP contribution in [-0.4, -0.2) is 25.8 Å². The van der Waals surface area contributed by atoms with Crippen LogP contribution in [0.1, 0.15) is 13.8 Å². The Hall–Kier alpha value is 0.01000. The topological polar surface area (TPSA) is 35.5 Å². The first-order valence-corrected chi connectivity index (χ1v) is 5.43. The second-order valence-electron chi connectivity index (χ2n) is 2.02. The van der Waals surface area contributed by atoms with Crippen LogP contribution < -0.4 is 0 Å². The zero-order chi connectivity index (χ0) is 9.61. The fraction of sp³-hybridized carbons (Fsp3) is 1.00. The molecule has 0 rings (SSSR count). The monoisotopic (exact) mass is 202 g/mol. The maximum absolute atomic E-state index is 11.8. The first kappa shape index (κ1) is 12.0. The van der Waals surface area contributed by atoms with E-state index in [1.165, 1.54) is 0 Å². The fourth-order valence-corrected chi connectivity index (χ4v) is 2.12. The van der Waals surface area contributed by atoms with E-state index in [9.17, 15) is 13.3 Å². The van der Waals surface area contributed by atoms with Gasteiger partial charge in [-0.05, 0) is 13.8 Å². The molecule has 0 aromatic carbocycles. The molecule has 0 aromatic heterocycles. The first-order valence-electron chi connectivity index (χ1n) is 3.70. The molecule has 12 heavy (non-hydrogen) atoms. The van der Waals surface area contributed by atoms with Crippen molar-refractivity contribution in [2.45, 2.75) is 20.3 Å². The lowest BCUT2D eigenvalue weighted by Crippen LogP contribution is -2.06. The predicted molar refractivity (Wildman–Crippen MR) is 41.7 cm³/mol. The molecule has 6 heteroatoms. The highest BCUT2D eigenvalue weighted by Gasteiger charge is 2.28. The SMILES string of the molecule is CCOP(=O)(CC(F)F)OCC. The van der Waals surface area contributed by atoms with Gasteiger partial charge >= 0.3 is 7.60 Å². The highest BCUT2D eigenvalue weighted by Crippen LogP contribution is 2.48. The summed E-state index contributed by atoms with van der Waals surface area (Å²) >= 11 is 0. The molecule has 0 heterocycles. The van der Waals surface area contributed by atoms with Gasteiger partial charge in [-0.3, -0.25) is 4.57 Å². The summed E-state index contributed by atoms with van der Waals surface area (Å²) in [5.74, 6) is 0. The maximum atomic E-state index is 11.8. The van der Waals surface area contributed by atoms with Crippen LogP contribution >= 0.6 is 7.60 Å². The van der Waals surface area contributed by atoms with E-state index < -0.39 is 20.2 Å². The molecule has 0 spiro atoms. The summed E-state index contributed by atoms with van der Waals surface area (Å²) in [6.07, 6.45) is -3.48. The molecule has 0 saturated carbocycles. The van der Waals surface area contributed by atoms with E-state index >= 15 is 0 Å². The fourth-order valence-electron chi connectivity index (χ4n) is 0.705. The molecular formula is C6H13F2O3P. The third-order valence-corrected chi connectivity index (χ3v) is 3.04. The number of rotatable bonds is 6. The van der Waals surface area contributed by atoms with Gasteiger partial charge in [0.2, 0.25) is 6.43 Å². The van der Waals surface area contributed by atoms with Crippen LogP contribution in [-0.2, 0) is 13.6 Å². The Balaban J connectivity index is 4.08. The summed E-state index contributed by atoms with van der Waals surface area (Å²) in [7, 11) is -3.53. The van der Waals surface area contributed by atoms with Gasteiger partial charge in [0.15, 0.2) is 0 Å². The van der Waals surface area contributed by atoms with Crippen LogP contribution in [0.25, 0.3) is 0 Å². The minimum Gasteiger partial charge on any atom is -0.309 e. The second kappa shape index (κ2) is 5.62. The van der Waals surface area contributed by atoms with Crippen LogP contribution in [0.3, 0.4) is 0 Å². The van der Waals surface area contributed by atoms with Gasteiger partial charge in [0, 0.05) is 0 Å². The Morgan fingerprint density at radius 3 is 1.92 bits per heavy atom. The summed E-state index contributed by atoms with van der Waals surface area (Å²) in [6.45, 7) is 3.39. The average Bonchev–Trinajstić information content (AvgIpc) is 1.85. The highest BCUT2D eigenvalue weighted by molar-refractivity contribution is 7.53. The van der Waals surface area contributed by atoms with Crippen LogP contribution in [0.2, 0.25) is 0 Å². The summed E-state index contributed by atoms with van der Waals surface area (Å²) in [5, 5.41) is 0. The highest BCUT2D eigenvalue weighted by atomic mass is 31.2. The summed E-state index contributed by atoms with van der Waals surface area (Å²) in [4.78, 5) is 0. The van der Waals surface area contributed by atoms with Crippen molar-refractivity contribution >= 4 is 7.60 Å². The van der Waals surface area contributed by atoms with E-state index in [2.05, 4.69) is 9.05 Å². The number of hydrogen-bond donors (Lipinski definition) is 0. The zero-order valence-corrected chi connectivity index (χ0v) is 8.02. The molecule has 0 radical (unpaired) electrons. The molecule has 0 N–H and O–H groups in total. The Kier molecular flexibility index (Phi) is 5.63. The standard InChI is InChI=1S/C6H13F2O3P/c1-3-10-12(9,11-4-2)5-6(7)8/h6H,3-5H2,1-2H3. The molecule has 0 aliphatic carbocycles. The van der Waals surface area contributed by atoms with E-state index in [1.54, 1.807) is 13.8 Å². The van der Waals surface area contributed by atoms with Crippen LogP contribution in [0.5, 0.6) is 0 Å². The van der Waals surface area contributed by atoms with Gasteiger partial charge < -0.3 is 9.05 Å². The lowest BCUT2D eigenvalue weighted by Gasteiger charge is -2.15. The van der Waals surface area contributed by atoms with Crippen molar-refractivity contribution < 1.29 is 22.4 Å². The van der Waals surface area contributed by atoms with Crippen molar-refractivity contribution in [3.05, 3.63) is 0 Å². The van der Waals surface area contributed by atoms with Crippen molar-refractivity contribution in [3.8, 4) is 0 Å². The molecular weight excluding hydrogens is 189 g/mol. The van der Waals surface area contributed by atoms with Crippen LogP contribution in [0.15, 0.2) is 0 Å². The maximum Gasteiger partial charge on any atom is 0.336 e. The van der Waals surface area contributed by atoms with Gasteiger partial charge in [0.25, 0.3) is 0 Å². The molecule has 0 bridgehead atoms. The average molecular weight is 202 g/mol. The van der Waals surface area contributed by atoms with Gasteiger partial charge in [-0.15, -0.1) is 0 Å². The Morgan fingerprint density at radius 2 is 1.67 bits per heavy atom. The molecule has 0 saturated heterocycles. The molecule has 0 amide bonds. The van der Waals surface area contributed by atoms with Gasteiger partial charge in [-0.25, -0.2) is 8.78 Å². The van der Waals surface area contributed by atoms with Gasteiger partial charge in [-0.1, -0.05) is 0 Å². The summed E-state index contributed by atoms with van der Waals surface area (Å²) in [6, 6.07) is 0. The van der Waals surface area contributed by atoms with Crippen LogP contribution in [0, 0.1) is 0 Å². The van der Waals surface area contributed by atoms with Gasteiger partial charge in [-0.2, -0.15) is 0 Å². The minimum atomic E-state index is -3.53. The molecule has 0 aliphatic rings. The lowest BCUT2D eigenvalue weighted by molar-refractivity contribution is 0.150. The number of alkyl halides is 2. The number of hydrogen-bond acceptors (Lipinski definition) is 3. The molecule has 0 aliphatic heterocycles. The Bertz CT molecular complexity index is 153. The smallest absolute Gasteiger partial charge is 0.309 e. The molecule has 0 fully saturated rings. The van der Waals surface area contributed by atoms with E-state index in [4.69, 9.17) is 0 Å². The minimum absolute atomic E-state index is 0.115. The molecule has 0 atom stereocenters. The normalized spacial score (nSPS) is 12.4. The largest absolute Gasteiger partial charge is 0.336 e. The van der Waals surface area contributed by atoms with Gasteiger partial charge in [0.1, 0.15) is 6.16 Å². The van der Waals surface area contributed by atoms with E-state index in [0.717, 1.165) is 0 Å². The first-order chi connectivity index (χ1) is 5.54. The molecule has 3 nitrogen and oxygen atoms in total. The van der Waals surface area contributed by atoms with Crippen LogP contribution in [0.4, 0.5) is 8.78 Å². The van der Waals surface area contributed by atoms with Crippen molar-refractivity contribution in [3.63, 3.8) is 0 Å². The third-order valence-electron chi connectivity index (χ3n) is 1.01. The number of halogens is 2. The lowest BCUT2D eigenvalue weighted by atomic mass is 10.9. The molecule has 0 aromatic rings. The Labute approximate surface area is 70.6 Å². The van der Waals surface area contributed by atoms with E-state index in [0.29, 0.717) is 0 Å². The van der Waals surface area contributed by atoms with Gasteiger partial charge in [0.05, 0.1) is 13.2 Å². The third kappa shape index (κ3) is 4.80. The summed E-state index contributed by atoms with van der Waals surface area (Å²) < 4.78 is 44.3. The van der Waals surface area contributed by atoms with E-state index in [-0.39, 0.29) is 13.2 Å². The predicted octanol–water partition coefficient (Wildman–Crippen LogP) is 2.52. The van der Waals surface area contributed by atoms with Crippen molar-refractivity contribution in [2.75, 3.05) is 19.4 Å². The Morgan fingerprint density at radius 1 is 1.25 bits per heavy atom. The quantitative estimate of drug-likeness (QED) is 0.621. The second-order valence-corrected chi connectivity index (χ2v) is 4.12. The van der Waals surface area contributed by atoms with Crippen molar-refractivity contribution in [2.24, 2.45) is 0 Å². The van der Waals surface area contributed by atoms with Crippen molar-refractivity contribution in [1.82, 2.24) is 0 Å². The van der Waals surface area contributed by atoms with E-state index in [1.807, 2.05) is 0 Å². The zero-order valence-electron chi connectivity index (χ0n) is 7.13. The van der Waals surface area contributed by atoms with Crippen molar-refractivity contribution in [1.29, 1.82) is 0 Å².